The molecule has 2 aromatic rings. The van der Waals surface area contributed by atoms with Gasteiger partial charge in [0.1, 0.15) is 0 Å². The summed E-state index contributed by atoms with van der Waals surface area (Å²) in [7, 11) is 0. The third-order valence-electron chi connectivity index (χ3n) is 4.33. The Morgan fingerprint density at radius 3 is 2.75 bits per heavy atom. The van der Waals surface area contributed by atoms with Crippen molar-refractivity contribution >= 4 is 29.2 Å². The highest BCUT2D eigenvalue weighted by atomic mass is 35.5. The van der Waals surface area contributed by atoms with Crippen LogP contribution < -0.4 is 4.74 Å². The smallest absolute Gasteiger partial charge is 0.357 e. The molecule has 0 N–H and O–H groups in total. The van der Waals surface area contributed by atoms with Crippen molar-refractivity contribution in [2.24, 2.45) is 0 Å². The largest absolute Gasteiger partial charge is 0.461 e. The van der Waals surface area contributed by atoms with Crippen LogP contribution in [0.4, 0.5) is 0 Å². The molecule has 6 nitrogen and oxygen atoms in total. The van der Waals surface area contributed by atoms with Crippen LogP contribution in [0.5, 0.6) is 11.8 Å². The summed E-state index contributed by atoms with van der Waals surface area (Å²) in [6.07, 6.45) is 4.88. The standard InChI is InChI=1S/C20H21Cl2N3O3/c1-4-27-19(26)18-13(3)24-20(28-17-6-5-9-23-12(17)2)25(18)11-14-10-15(21)7-8-16(14)22/h5-6,9-10H,4,7-8,11H2,1-3H3. The number of hydrogen-bond donors (Lipinski definition) is 0. The molecule has 2 aromatic heterocycles. The molecule has 0 unspecified atom stereocenters. The lowest BCUT2D eigenvalue weighted by atomic mass is 10.1. The highest BCUT2D eigenvalue weighted by molar-refractivity contribution is 6.32. The summed E-state index contributed by atoms with van der Waals surface area (Å²) < 4.78 is 12.9. The third kappa shape index (κ3) is 4.39. The topological polar surface area (TPSA) is 66.2 Å². The summed E-state index contributed by atoms with van der Waals surface area (Å²) in [6.45, 7) is 5.89. The SMILES string of the molecule is CCOC(=O)c1c(C)nc(Oc2cccnc2C)n1CC1=C(Cl)CCC(Cl)=C1. The normalized spacial score (nSPS) is 14.1. The molecule has 0 radical (unpaired) electrons. The van der Waals surface area contributed by atoms with Crippen LogP contribution in [0.15, 0.2) is 40.0 Å². The first-order valence-corrected chi connectivity index (χ1v) is 9.73. The van der Waals surface area contributed by atoms with Gasteiger partial charge in [-0.05, 0) is 57.4 Å². The van der Waals surface area contributed by atoms with Crippen LogP contribution in [0.2, 0.25) is 0 Å². The summed E-state index contributed by atoms with van der Waals surface area (Å²) in [5.41, 5.74) is 2.36. The molecule has 0 saturated carbocycles. The van der Waals surface area contributed by atoms with Crippen molar-refractivity contribution in [2.75, 3.05) is 6.61 Å². The minimum atomic E-state index is -0.465. The van der Waals surface area contributed by atoms with E-state index in [1.54, 1.807) is 36.7 Å². The zero-order valence-electron chi connectivity index (χ0n) is 16.0. The van der Waals surface area contributed by atoms with Gasteiger partial charge >= 0.3 is 12.0 Å². The van der Waals surface area contributed by atoms with Crippen molar-refractivity contribution in [1.82, 2.24) is 14.5 Å². The Balaban J connectivity index is 2.06. The van der Waals surface area contributed by atoms with Gasteiger partial charge in [0.15, 0.2) is 11.4 Å². The average Bonchev–Trinajstić information content (AvgIpc) is 2.95. The van der Waals surface area contributed by atoms with Gasteiger partial charge in [-0.15, -0.1) is 0 Å². The highest BCUT2D eigenvalue weighted by Gasteiger charge is 2.25. The number of aryl methyl sites for hydroxylation is 2. The first-order chi connectivity index (χ1) is 13.4. The molecule has 0 aliphatic heterocycles. The van der Waals surface area contributed by atoms with Gasteiger partial charge in [0.05, 0.1) is 24.5 Å². The van der Waals surface area contributed by atoms with Crippen molar-refractivity contribution < 1.29 is 14.3 Å². The first kappa shape index (κ1) is 20.4. The Kier molecular flexibility index (Phi) is 6.42. The molecule has 2 heterocycles. The molecule has 1 aliphatic rings. The van der Waals surface area contributed by atoms with Crippen molar-refractivity contribution in [2.45, 2.75) is 40.2 Å². The van der Waals surface area contributed by atoms with Gasteiger partial charge in [-0.2, -0.15) is 4.98 Å². The Morgan fingerprint density at radius 1 is 1.25 bits per heavy atom. The molecule has 0 aromatic carbocycles. The van der Waals surface area contributed by atoms with Crippen molar-refractivity contribution in [3.63, 3.8) is 0 Å². The van der Waals surface area contributed by atoms with Crippen molar-refractivity contribution in [1.29, 1.82) is 0 Å². The maximum absolute atomic E-state index is 12.6. The number of imidazole rings is 1. The van der Waals surface area contributed by atoms with E-state index >= 15 is 0 Å². The number of esters is 1. The van der Waals surface area contributed by atoms with Gasteiger partial charge in [-0.1, -0.05) is 23.2 Å². The highest BCUT2D eigenvalue weighted by Crippen LogP contribution is 2.32. The van der Waals surface area contributed by atoms with E-state index in [1.807, 2.05) is 13.0 Å². The van der Waals surface area contributed by atoms with Crippen LogP contribution in [-0.2, 0) is 11.3 Å². The zero-order chi connectivity index (χ0) is 20.3. The summed E-state index contributed by atoms with van der Waals surface area (Å²) in [5.74, 6) is 0.0920. The number of carbonyl (C=O) groups is 1. The minimum absolute atomic E-state index is 0.260. The molecule has 0 amide bonds. The van der Waals surface area contributed by atoms with E-state index in [1.165, 1.54) is 0 Å². The Bertz CT molecular complexity index is 964. The molecule has 0 bridgehead atoms. The molecular formula is C20H21Cl2N3O3. The lowest BCUT2D eigenvalue weighted by molar-refractivity contribution is 0.0512. The van der Waals surface area contributed by atoms with E-state index in [9.17, 15) is 4.79 Å². The van der Waals surface area contributed by atoms with E-state index < -0.39 is 5.97 Å². The average molecular weight is 422 g/mol. The molecule has 3 rings (SSSR count). The van der Waals surface area contributed by atoms with E-state index in [2.05, 4.69) is 9.97 Å². The predicted octanol–water partition coefficient (Wildman–Crippen LogP) is 5.27. The summed E-state index contributed by atoms with van der Waals surface area (Å²) >= 11 is 12.6. The van der Waals surface area contributed by atoms with Gasteiger partial charge in [0.2, 0.25) is 0 Å². The van der Waals surface area contributed by atoms with Gasteiger partial charge in [0.25, 0.3) is 0 Å². The fourth-order valence-electron chi connectivity index (χ4n) is 2.94. The fraction of sp³-hybridized carbons (Fsp3) is 0.350. The van der Waals surface area contributed by atoms with Crippen LogP contribution in [0.3, 0.4) is 0 Å². The number of halogens is 2. The van der Waals surface area contributed by atoms with E-state index in [0.717, 1.165) is 10.6 Å². The Morgan fingerprint density at radius 2 is 2.04 bits per heavy atom. The third-order valence-corrected chi connectivity index (χ3v) is 5.06. The number of carbonyl (C=O) groups excluding carboxylic acids is 1. The van der Waals surface area contributed by atoms with Crippen LogP contribution in [0, 0.1) is 13.8 Å². The first-order valence-electron chi connectivity index (χ1n) is 8.98. The predicted molar refractivity (Wildman–Crippen MR) is 108 cm³/mol. The zero-order valence-corrected chi connectivity index (χ0v) is 17.5. The van der Waals surface area contributed by atoms with E-state index in [0.29, 0.717) is 47.2 Å². The lowest BCUT2D eigenvalue weighted by Gasteiger charge is -2.17. The van der Waals surface area contributed by atoms with Gasteiger partial charge in [-0.3, -0.25) is 9.55 Å². The van der Waals surface area contributed by atoms with Gasteiger partial charge in [-0.25, -0.2) is 4.79 Å². The van der Waals surface area contributed by atoms with Crippen LogP contribution in [0.25, 0.3) is 0 Å². The molecular weight excluding hydrogens is 401 g/mol. The van der Waals surface area contributed by atoms with E-state index in [-0.39, 0.29) is 12.6 Å². The van der Waals surface area contributed by atoms with Gasteiger partial charge in [0, 0.05) is 16.3 Å². The Labute approximate surface area is 173 Å². The van der Waals surface area contributed by atoms with Crippen molar-refractivity contribution in [3.05, 3.63) is 57.1 Å². The number of nitrogens with zero attached hydrogens (tertiary/aromatic N) is 3. The number of pyridine rings is 1. The quantitative estimate of drug-likeness (QED) is 0.593. The lowest BCUT2D eigenvalue weighted by Crippen LogP contribution is -2.16. The molecule has 1 aliphatic carbocycles. The summed E-state index contributed by atoms with van der Waals surface area (Å²) in [6, 6.07) is 3.84. The number of ether oxygens (including phenoxy) is 2. The van der Waals surface area contributed by atoms with Crippen LogP contribution in [0.1, 0.15) is 41.6 Å². The maximum Gasteiger partial charge on any atom is 0.357 e. The second kappa shape index (κ2) is 8.80. The molecule has 0 atom stereocenters. The second-order valence-electron chi connectivity index (χ2n) is 6.35. The minimum Gasteiger partial charge on any atom is -0.461 e. The second-order valence-corrected chi connectivity index (χ2v) is 7.29. The number of rotatable bonds is 6. The molecule has 0 spiro atoms. The number of allylic oxidation sites excluding steroid dienone is 4. The van der Waals surface area contributed by atoms with Crippen molar-refractivity contribution in [3.8, 4) is 11.8 Å². The Hall–Kier alpha value is -2.31. The maximum atomic E-state index is 12.6. The number of aromatic nitrogens is 3. The molecule has 148 valence electrons. The molecule has 0 saturated heterocycles. The monoisotopic (exact) mass is 421 g/mol. The fourth-order valence-corrected chi connectivity index (χ4v) is 3.37. The van der Waals surface area contributed by atoms with E-state index in [4.69, 9.17) is 32.7 Å². The summed E-state index contributed by atoms with van der Waals surface area (Å²) in [5, 5.41) is 1.42. The van der Waals surface area contributed by atoms with Gasteiger partial charge < -0.3 is 9.47 Å². The summed E-state index contributed by atoms with van der Waals surface area (Å²) in [4.78, 5) is 21.2. The van der Waals surface area contributed by atoms with Crippen LogP contribution in [-0.4, -0.2) is 27.1 Å². The van der Waals surface area contributed by atoms with Crippen LogP contribution >= 0.6 is 23.2 Å². The molecule has 28 heavy (non-hydrogen) atoms. The number of hydrogen-bond acceptors (Lipinski definition) is 5. The molecule has 0 fully saturated rings. The molecule has 8 heteroatoms.